The molecule has 0 saturated carbocycles. The third-order valence-corrected chi connectivity index (χ3v) is 5.98. The first-order valence-corrected chi connectivity index (χ1v) is 11.1. The van der Waals surface area contributed by atoms with Crippen molar-refractivity contribution in [3.63, 3.8) is 0 Å². The zero-order chi connectivity index (χ0) is 21.2. The van der Waals surface area contributed by atoms with E-state index in [0.29, 0.717) is 46.8 Å². The Kier molecular flexibility index (Phi) is 5.31. The third-order valence-electron chi connectivity index (χ3n) is 5.06. The molecule has 31 heavy (non-hydrogen) atoms. The predicted molar refractivity (Wildman–Crippen MR) is 125 cm³/mol. The molecule has 5 rings (SSSR count). The summed E-state index contributed by atoms with van der Waals surface area (Å²) in [6.45, 7) is 1.00. The largest absolute Gasteiger partial charge is 0.486 e. The van der Waals surface area contributed by atoms with Gasteiger partial charge in [0.1, 0.15) is 13.2 Å². The van der Waals surface area contributed by atoms with Crippen molar-refractivity contribution >= 4 is 46.0 Å². The number of fused-ring (bicyclic) bond motifs is 1. The number of thiocarbonyl (C=S) groups is 1. The van der Waals surface area contributed by atoms with Crippen LogP contribution in [0.2, 0.25) is 0 Å². The van der Waals surface area contributed by atoms with E-state index in [2.05, 4.69) is 16.0 Å². The maximum Gasteiger partial charge on any atom is 0.256 e. The highest BCUT2D eigenvalue weighted by atomic mass is 32.1. The zero-order valence-corrected chi connectivity index (χ0v) is 18.0. The highest BCUT2D eigenvalue weighted by Crippen LogP contribution is 2.35. The number of benzene rings is 2. The zero-order valence-electron chi connectivity index (χ0n) is 16.4. The number of nitrogens with one attached hydrogen (secondary N) is 3. The molecule has 3 heterocycles. The number of hydrogen-bond acceptors (Lipinski definition) is 5. The number of ether oxygens (including phenoxy) is 2. The van der Waals surface area contributed by atoms with Gasteiger partial charge in [0, 0.05) is 11.8 Å². The lowest BCUT2D eigenvalue weighted by Gasteiger charge is -2.31. The van der Waals surface area contributed by atoms with Gasteiger partial charge in [-0.1, -0.05) is 30.3 Å². The number of hydrogen-bond donors (Lipinski definition) is 3. The molecule has 0 spiro atoms. The molecule has 0 fully saturated rings. The van der Waals surface area contributed by atoms with E-state index in [1.807, 2.05) is 53.2 Å². The predicted octanol–water partition coefficient (Wildman–Crippen LogP) is 4.09. The van der Waals surface area contributed by atoms with E-state index in [9.17, 15) is 4.79 Å². The van der Waals surface area contributed by atoms with Crippen molar-refractivity contribution in [3.8, 4) is 11.5 Å². The Hall–Kier alpha value is -3.36. The van der Waals surface area contributed by atoms with Crippen LogP contribution in [-0.4, -0.2) is 24.2 Å². The van der Waals surface area contributed by atoms with Crippen LogP contribution in [0.3, 0.4) is 0 Å². The average Bonchev–Trinajstić information content (AvgIpc) is 3.34. The Morgan fingerprint density at radius 1 is 1.06 bits per heavy atom. The Bertz CT molecular complexity index is 1160. The first-order chi connectivity index (χ1) is 15.2. The first-order valence-electron chi connectivity index (χ1n) is 9.79. The monoisotopic (exact) mass is 449 g/mol. The van der Waals surface area contributed by atoms with Crippen LogP contribution in [0.25, 0.3) is 5.70 Å². The van der Waals surface area contributed by atoms with E-state index in [0.717, 1.165) is 11.1 Å². The average molecular weight is 450 g/mol. The fourth-order valence-corrected chi connectivity index (χ4v) is 4.56. The van der Waals surface area contributed by atoms with Gasteiger partial charge in [0.2, 0.25) is 0 Å². The summed E-state index contributed by atoms with van der Waals surface area (Å²) in [6, 6.07) is 16.7. The van der Waals surface area contributed by atoms with Crippen LogP contribution in [0, 0.1) is 0 Å². The third kappa shape index (κ3) is 3.99. The lowest BCUT2D eigenvalue weighted by Crippen LogP contribution is -2.45. The first kappa shape index (κ1) is 19.6. The van der Waals surface area contributed by atoms with E-state index < -0.39 is 0 Å². The minimum Gasteiger partial charge on any atom is -0.486 e. The van der Waals surface area contributed by atoms with Gasteiger partial charge >= 0.3 is 0 Å². The summed E-state index contributed by atoms with van der Waals surface area (Å²) in [5, 5.41) is 13.9. The molecule has 1 aromatic heterocycles. The molecule has 1 amide bonds. The fourth-order valence-electron chi connectivity index (χ4n) is 3.65. The number of thiophene rings is 1. The van der Waals surface area contributed by atoms with Crippen molar-refractivity contribution in [1.82, 2.24) is 10.6 Å². The van der Waals surface area contributed by atoms with Gasteiger partial charge in [-0.2, -0.15) is 11.3 Å². The number of carbonyl (C=O) groups is 1. The summed E-state index contributed by atoms with van der Waals surface area (Å²) in [6.07, 6.45) is 0. The minimum atomic E-state index is -0.368. The number of amides is 1. The van der Waals surface area contributed by atoms with E-state index in [-0.39, 0.29) is 11.9 Å². The quantitative estimate of drug-likeness (QED) is 0.521. The van der Waals surface area contributed by atoms with E-state index >= 15 is 0 Å². The number of carbonyl (C=O) groups excluding carboxylic acids is 1. The molecule has 2 aromatic carbocycles. The molecule has 0 aliphatic carbocycles. The second-order valence-corrected chi connectivity index (χ2v) is 8.24. The molecule has 3 N–H and O–H groups in total. The smallest absolute Gasteiger partial charge is 0.256 e. The Morgan fingerprint density at radius 2 is 1.87 bits per heavy atom. The van der Waals surface area contributed by atoms with E-state index in [1.165, 1.54) is 0 Å². The molecule has 2 aliphatic rings. The Balaban J connectivity index is 1.55. The summed E-state index contributed by atoms with van der Waals surface area (Å²) in [5.74, 6) is 1.07. The molecule has 1 atom stereocenters. The van der Waals surface area contributed by atoms with Crippen molar-refractivity contribution in [2.24, 2.45) is 0 Å². The van der Waals surface area contributed by atoms with Crippen molar-refractivity contribution < 1.29 is 14.3 Å². The van der Waals surface area contributed by atoms with E-state index in [1.54, 1.807) is 23.5 Å². The van der Waals surface area contributed by atoms with Gasteiger partial charge in [-0.05, 0) is 52.3 Å². The molecule has 0 radical (unpaired) electrons. The topological polar surface area (TPSA) is 71.6 Å². The van der Waals surface area contributed by atoms with Gasteiger partial charge < -0.3 is 25.4 Å². The fraction of sp³-hybridized carbons (Fsp3) is 0.130. The van der Waals surface area contributed by atoms with Crippen molar-refractivity contribution in [2.75, 3.05) is 18.5 Å². The Morgan fingerprint density at radius 3 is 2.65 bits per heavy atom. The summed E-state index contributed by atoms with van der Waals surface area (Å²) in [5.41, 5.74) is 3.75. The number of anilines is 1. The van der Waals surface area contributed by atoms with Crippen LogP contribution in [0.4, 0.5) is 5.69 Å². The normalized spacial score (nSPS) is 17.5. The van der Waals surface area contributed by atoms with Crippen molar-refractivity contribution in [2.45, 2.75) is 6.04 Å². The van der Waals surface area contributed by atoms with Crippen LogP contribution in [0.15, 0.2) is 70.9 Å². The molecular weight excluding hydrogens is 430 g/mol. The lowest BCUT2D eigenvalue weighted by molar-refractivity contribution is -0.113. The summed E-state index contributed by atoms with van der Waals surface area (Å²) < 4.78 is 11.2. The lowest BCUT2D eigenvalue weighted by atomic mass is 9.93. The van der Waals surface area contributed by atoms with Crippen LogP contribution < -0.4 is 25.4 Å². The molecular formula is C23H19N3O3S2. The summed E-state index contributed by atoms with van der Waals surface area (Å²) in [4.78, 5) is 13.6. The minimum absolute atomic E-state index is 0.228. The van der Waals surface area contributed by atoms with Crippen LogP contribution in [0.5, 0.6) is 11.5 Å². The van der Waals surface area contributed by atoms with Gasteiger partial charge in [-0.3, -0.25) is 4.79 Å². The highest BCUT2D eigenvalue weighted by molar-refractivity contribution is 7.80. The molecule has 3 aromatic rings. The van der Waals surface area contributed by atoms with Gasteiger partial charge in [-0.15, -0.1) is 0 Å². The van der Waals surface area contributed by atoms with Crippen LogP contribution in [0.1, 0.15) is 17.2 Å². The Labute approximate surface area is 188 Å². The second-order valence-electron chi connectivity index (χ2n) is 7.06. The summed E-state index contributed by atoms with van der Waals surface area (Å²) >= 11 is 7.03. The van der Waals surface area contributed by atoms with Gasteiger partial charge in [-0.25, -0.2) is 0 Å². The van der Waals surface area contributed by atoms with Gasteiger partial charge in [0.25, 0.3) is 5.91 Å². The molecule has 0 bridgehead atoms. The molecule has 0 saturated heterocycles. The summed E-state index contributed by atoms with van der Waals surface area (Å²) in [7, 11) is 0. The maximum absolute atomic E-state index is 13.6. The van der Waals surface area contributed by atoms with Crippen molar-refractivity contribution in [1.29, 1.82) is 0 Å². The van der Waals surface area contributed by atoms with Gasteiger partial charge in [0.15, 0.2) is 16.6 Å². The van der Waals surface area contributed by atoms with Crippen LogP contribution in [-0.2, 0) is 4.79 Å². The molecule has 156 valence electrons. The molecule has 2 aliphatic heterocycles. The molecule has 8 heteroatoms. The SMILES string of the molecule is O=C(Nc1ccc2c(c1)OCCO2)C1=C(c2ccccc2)NC(=S)N[C@@H]1c1ccsc1. The van der Waals surface area contributed by atoms with Crippen molar-refractivity contribution in [3.05, 3.63) is 82.1 Å². The molecule has 6 nitrogen and oxygen atoms in total. The van der Waals surface area contributed by atoms with Crippen LogP contribution >= 0.6 is 23.6 Å². The van der Waals surface area contributed by atoms with E-state index in [4.69, 9.17) is 21.7 Å². The number of rotatable bonds is 4. The standard InChI is InChI=1S/C23H19N3O3S2/c27-22(24-16-6-7-17-18(12-16)29-10-9-28-17)19-20(14-4-2-1-3-5-14)25-23(30)26-21(19)15-8-11-31-13-15/h1-8,11-13,21H,9-10H2,(H,24,27)(H2,25,26,30)/t21-/m1/s1. The second kappa shape index (κ2) is 8.41. The molecule has 0 unspecified atom stereocenters. The van der Waals surface area contributed by atoms with Gasteiger partial charge in [0.05, 0.1) is 17.3 Å². The highest BCUT2D eigenvalue weighted by Gasteiger charge is 2.32. The maximum atomic E-state index is 13.6.